The molecule has 27 heavy (non-hydrogen) atoms. The van der Waals surface area contributed by atoms with Gasteiger partial charge in [0, 0.05) is 16.8 Å². The van der Waals surface area contributed by atoms with Crippen LogP contribution in [0.3, 0.4) is 0 Å². The first-order valence-electron chi connectivity index (χ1n) is 8.76. The monoisotopic (exact) mass is 399 g/mol. The van der Waals surface area contributed by atoms with Crippen LogP contribution in [0.25, 0.3) is 0 Å². The van der Waals surface area contributed by atoms with E-state index in [1.54, 1.807) is 16.7 Å². The summed E-state index contributed by atoms with van der Waals surface area (Å²) in [5.74, 6) is 0.734. The molecule has 1 aromatic carbocycles. The largest absolute Gasteiger partial charge is 0.433 e. The van der Waals surface area contributed by atoms with Crippen molar-refractivity contribution in [3.8, 4) is 0 Å². The highest BCUT2D eigenvalue weighted by atomic mass is 32.2. The van der Waals surface area contributed by atoms with Gasteiger partial charge in [-0.3, -0.25) is 0 Å². The van der Waals surface area contributed by atoms with Crippen LogP contribution in [0.5, 0.6) is 0 Å². The van der Waals surface area contributed by atoms with E-state index in [-0.39, 0.29) is 5.95 Å². The van der Waals surface area contributed by atoms with E-state index in [1.807, 2.05) is 30.3 Å². The molecule has 1 fully saturated rings. The third-order valence-electron chi connectivity index (χ3n) is 4.40. The van der Waals surface area contributed by atoms with Crippen LogP contribution in [-0.2, 0) is 6.18 Å². The lowest BCUT2D eigenvalue weighted by molar-refractivity contribution is -0.903. The Morgan fingerprint density at radius 1 is 1.15 bits per heavy atom. The molecule has 2 N–H and O–H groups in total. The molecule has 3 rings (SSSR count). The van der Waals surface area contributed by atoms with Crippen molar-refractivity contribution < 1.29 is 23.2 Å². The minimum absolute atomic E-state index is 0.115. The number of alkyl halides is 3. The molecule has 0 aliphatic carbocycles. The number of hydrogen-bond donors (Lipinski definition) is 2. The predicted octanol–water partition coefficient (Wildman–Crippen LogP) is 1.35. The van der Waals surface area contributed by atoms with Gasteiger partial charge >= 0.3 is 6.18 Å². The van der Waals surface area contributed by atoms with Crippen molar-refractivity contribution in [1.82, 2.24) is 9.97 Å². The van der Waals surface area contributed by atoms with Gasteiger partial charge in [0.15, 0.2) is 0 Å². The molecule has 0 bridgehead atoms. The minimum Gasteiger partial charge on any atom is -0.386 e. The number of nitrogens with zero attached hydrogens (tertiary/aromatic N) is 3. The molecule has 2 aromatic rings. The summed E-state index contributed by atoms with van der Waals surface area (Å²) in [5, 5.41) is 10.3. The van der Waals surface area contributed by atoms with Crippen molar-refractivity contribution in [3.05, 3.63) is 48.3 Å². The second-order valence-electron chi connectivity index (χ2n) is 6.46. The summed E-state index contributed by atoms with van der Waals surface area (Å²) in [5.41, 5.74) is -0.921. The van der Waals surface area contributed by atoms with E-state index < -0.39 is 18.0 Å². The first-order chi connectivity index (χ1) is 12.9. The van der Waals surface area contributed by atoms with Gasteiger partial charge in [0.2, 0.25) is 5.95 Å². The van der Waals surface area contributed by atoms with Crippen LogP contribution in [0.1, 0.15) is 5.69 Å². The fourth-order valence-electron chi connectivity index (χ4n) is 2.99. The Morgan fingerprint density at radius 2 is 1.85 bits per heavy atom. The SMILES string of the molecule is O[C@@H](CSc1ccccc1)C[NH+]1CCN(c2nccc(C(F)(F)F)n2)CC1. The number of hydrogen-bond acceptors (Lipinski definition) is 5. The van der Waals surface area contributed by atoms with Crippen molar-refractivity contribution in [3.63, 3.8) is 0 Å². The van der Waals surface area contributed by atoms with Crippen LogP contribution in [0, 0.1) is 0 Å². The molecule has 1 aliphatic heterocycles. The molecule has 0 amide bonds. The van der Waals surface area contributed by atoms with Gasteiger partial charge in [-0.1, -0.05) is 18.2 Å². The predicted molar refractivity (Wildman–Crippen MR) is 98.0 cm³/mol. The van der Waals surface area contributed by atoms with E-state index in [2.05, 4.69) is 9.97 Å². The fourth-order valence-corrected chi connectivity index (χ4v) is 3.84. The second-order valence-corrected chi connectivity index (χ2v) is 7.55. The lowest BCUT2D eigenvalue weighted by atomic mass is 10.3. The summed E-state index contributed by atoms with van der Waals surface area (Å²) >= 11 is 1.62. The molecule has 1 atom stereocenters. The average molecular weight is 399 g/mol. The van der Waals surface area contributed by atoms with Gasteiger partial charge in [-0.2, -0.15) is 13.2 Å². The molecule has 0 spiro atoms. The van der Waals surface area contributed by atoms with Crippen LogP contribution in [0.15, 0.2) is 47.5 Å². The minimum atomic E-state index is -4.47. The van der Waals surface area contributed by atoms with Crippen molar-refractivity contribution >= 4 is 17.7 Å². The maximum atomic E-state index is 12.8. The number of nitrogens with one attached hydrogen (secondary N) is 1. The van der Waals surface area contributed by atoms with Crippen LogP contribution < -0.4 is 9.80 Å². The van der Waals surface area contributed by atoms with Crippen molar-refractivity contribution in [2.45, 2.75) is 17.2 Å². The van der Waals surface area contributed by atoms with Crippen LogP contribution in [-0.4, -0.2) is 59.7 Å². The number of benzene rings is 1. The van der Waals surface area contributed by atoms with Gasteiger partial charge in [-0.15, -0.1) is 11.8 Å². The molecule has 2 heterocycles. The normalized spacial score (nSPS) is 17.1. The molecule has 0 unspecified atom stereocenters. The maximum absolute atomic E-state index is 12.8. The van der Waals surface area contributed by atoms with E-state index in [9.17, 15) is 18.3 Å². The lowest BCUT2D eigenvalue weighted by Crippen LogP contribution is -3.16. The van der Waals surface area contributed by atoms with Gasteiger partial charge in [0.1, 0.15) is 18.3 Å². The second kappa shape index (κ2) is 8.90. The Hall–Kier alpha value is -1.84. The summed E-state index contributed by atoms with van der Waals surface area (Å²) < 4.78 is 38.4. The van der Waals surface area contributed by atoms with E-state index in [4.69, 9.17) is 0 Å². The molecule has 1 aromatic heterocycles. The standard InChI is InChI=1S/C18H21F3N4OS/c19-18(20,21)16-6-7-22-17(23-16)25-10-8-24(9-11-25)12-14(26)13-27-15-4-2-1-3-5-15/h1-7,14,26H,8-13H2/p+1/t14-/m1/s1. The number of aliphatic hydroxyl groups is 1. The maximum Gasteiger partial charge on any atom is 0.433 e. The first kappa shape index (κ1) is 19.9. The molecule has 1 saturated heterocycles. The summed E-state index contributed by atoms with van der Waals surface area (Å²) in [4.78, 5) is 11.7. The highest BCUT2D eigenvalue weighted by Gasteiger charge is 2.33. The Kier molecular flexibility index (Phi) is 6.56. The van der Waals surface area contributed by atoms with Gasteiger partial charge in [-0.25, -0.2) is 9.97 Å². The molecule has 1 aliphatic rings. The number of piperazine rings is 1. The van der Waals surface area contributed by atoms with E-state index >= 15 is 0 Å². The van der Waals surface area contributed by atoms with E-state index in [1.165, 1.54) is 4.90 Å². The lowest BCUT2D eigenvalue weighted by Gasteiger charge is -2.33. The number of quaternary nitrogens is 1. The smallest absolute Gasteiger partial charge is 0.386 e. The molecular formula is C18H22F3N4OS+. The Labute approximate surface area is 160 Å². The zero-order chi connectivity index (χ0) is 19.3. The molecular weight excluding hydrogens is 377 g/mol. The van der Waals surface area contributed by atoms with Crippen molar-refractivity contribution in [1.29, 1.82) is 0 Å². The van der Waals surface area contributed by atoms with E-state index in [0.717, 1.165) is 30.2 Å². The Morgan fingerprint density at radius 3 is 2.52 bits per heavy atom. The molecule has 146 valence electrons. The summed E-state index contributed by atoms with van der Waals surface area (Å²) in [6.07, 6.45) is -3.75. The van der Waals surface area contributed by atoms with Crippen LogP contribution in [0.2, 0.25) is 0 Å². The van der Waals surface area contributed by atoms with E-state index in [0.29, 0.717) is 25.4 Å². The fraction of sp³-hybridized carbons (Fsp3) is 0.444. The summed E-state index contributed by atoms with van der Waals surface area (Å²) in [6, 6.07) is 10.8. The van der Waals surface area contributed by atoms with Crippen molar-refractivity contribution in [2.24, 2.45) is 0 Å². The third-order valence-corrected chi connectivity index (χ3v) is 5.55. The van der Waals surface area contributed by atoms with Gasteiger partial charge in [0.05, 0.1) is 26.2 Å². The zero-order valence-electron chi connectivity index (χ0n) is 14.7. The van der Waals surface area contributed by atoms with Crippen LogP contribution >= 0.6 is 11.8 Å². The number of aromatic nitrogens is 2. The first-order valence-corrected chi connectivity index (χ1v) is 9.75. The summed E-state index contributed by atoms with van der Waals surface area (Å²) in [7, 11) is 0. The van der Waals surface area contributed by atoms with Crippen LogP contribution in [0.4, 0.5) is 19.1 Å². The summed E-state index contributed by atoms with van der Waals surface area (Å²) in [6.45, 7) is 3.21. The third kappa shape index (κ3) is 5.82. The molecule has 0 radical (unpaired) electrons. The van der Waals surface area contributed by atoms with Crippen molar-refractivity contribution in [2.75, 3.05) is 43.4 Å². The molecule has 5 nitrogen and oxygen atoms in total. The number of aliphatic hydroxyl groups excluding tert-OH is 1. The van der Waals surface area contributed by atoms with Gasteiger partial charge in [0.25, 0.3) is 0 Å². The quantitative estimate of drug-likeness (QED) is 0.719. The highest BCUT2D eigenvalue weighted by Crippen LogP contribution is 2.28. The Balaban J connectivity index is 1.46. The number of rotatable bonds is 6. The number of halogens is 3. The topological polar surface area (TPSA) is 53.7 Å². The number of anilines is 1. The molecule has 0 saturated carbocycles. The average Bonchev–Trinajstić information content (AvgIpc) is 2.67. The Bertz CT molecular complexity index is 724. The molecule has 9 heteroatoms. The van der Waals surface area contributed by atoms with Gasteiger partial charge in [-0.05, 0) is 18.2 Å². The highest BCUT2D eigenvalue weighted by molar-refractivity contribution is 7.99. The van der Waals surface area contributed by atoms with Gasteiger partial charge < -0.3 is 14.9 Å². The zero-order valence-corrected chi connectivity index (χ0v) is 15.5. The number of thioether (sulfide) groups is 1.